The average Bonchev–Trinajstić information content (AvgIpc) is 2.84. The quantitative estimate of drug-likeness (QED) is 0.855. The van der Waals surface area contributed by atoms with Crippen LogP contribution in [0.2, 0.25) is 0 Å². The summed E-state index contributed by atoms with van der Waals surface area (Å²) in [5.74, 6) is 0.957. The fourth-order valence-corrected chi connectivity index (χ4v) is 2.81. The van der Waals surface area contributed by atoms with E-state index in [1.807, 2.05) is 0 Å². The van der Waals surface area contributed by atoms with Gasteiger partial charge in [-0.3, -0.25) is 0 Å². The minimum atomic E-state index is 0.484. The molecule has 3 nitrogen and oxygen atoms in total. The Balaban J connectivity index is 1.87. The van der Waals surface area contributed by atoms with Crippen LogP contribution >= 0.6 is 11.5 Å². The maximum absolute atomic E-state index is 4.42. The van der Waals surface area contributed by atoms with E-state index in [1.165, 1.54) is 37.2 Å². The van der Waals surface area contributed by atoms with Gasteiger partial charge in [-0.2, -0.15) is 4.37 Å². The lowest BCUT2D eigenvalue weighted by Crippen LogP contribution is -2.22. The second-order valence-corrected chi connectivity index (χ2v) is 5.49. The van der Waals surface area contributed by atoms with Crippen LogP contribution in [-0.4, -0.2) is 15.9 Å². The van der Waals surface area contributed by atoms with Crippen molar-refractivity contribution in [2.75, 3.05) is 11.9 Å². The summed E-state index contributed by atoms with van der Waals surface area (Å²) in [6, 6.07) is 0. The first kappa shape index (κ1) is 10.9. The van der Waals surface area contributed by atoms with Crippen LogP contribution in [0, 0.1) is 5.41 Å². The molecule has 0 bridgehead atoms. The summed E-state index contributed by atoms with van der Waals surface area (Å²) in [5, 5.41) is 4.41. The number of hydrogen-bond acceptors (Lipinski definition) is 4. The van der Waals surface area contributed by atoms with Gasteiger partial charge < -0.3 is 5.32 Å². The molecule has 84 valence electrons. The molecule has 0 aromatic carbocycles. The maximum atomic E-state index is 4.42. The summed E-state index contributed by atoms with van der Waals surface area (Å²) in [7, 11) is 0. The van der Waals surface area contributed by atoms with E-state index in [9.17, 15) is 0 Å². The van der Waals surface area contributed by atoms with Crippen LogP contribution < -0.4 is 5.32 Å². The van der Waals surface area contributed by atoms with Gasteiger partial charge in [-0.05, 0) is 18.3 Å². The van der Waals surface area contributed by atoms with E-state index in [0.29, 0.717) is 5.41 Å². The van der Waals surface area contributed by atoms with Crippen LogP contribution in [0.15, 0.2) is 0 Å². The number of aromatic nitrogens is 2. The van der Waals surface area contributed by atoms with Crippen molar-refractivity contribution < 1.29 is 0 Å². The second kappa shape index (κ2) is 4.47. The highest BCUT2D eigenvalue weighted by atomic mass is 32.1. The van der Waals surface area contributed by atoms with Gasteiger partial charge in [-0.15, -0.1) is 0 Å². The molecule has 1 aromatic heterocycles. The van der Waals surface area contributed by atoms with E-state index in [2.05, 4.69) is 28.5 Å². The van der Waals surface area contributed by atoms with Crippen molar-refractivity contribution in [3.8, 4) is 0 Å². The summed E-state index contributed by atoms with van der Waals surface area (Å²) in [6.45, 7) is 5.50. The van der Waals surface area contributed by atoms with Gasteiger partial charge in [0, 0.05) is 24.5 Å². The van der Waals surface area contributed by atoms with Gasteiger partial charge in [0.2, 0.25) is 5.13 Å². The Morgan fingerprint density at radius 2 is 2.13 bits per heavy atom. The van der Waals surface area contributed by atoms with E-state index in [4.69, 9.17) is 0 Å². The molecule has 1 aromatic rings. The van der Waals surface area contributed by atoms with Crippen LogP contribution in [0.5, 0.6) is 0 Å². The van der Waals surface area contributed by atoms with E-state index < -0.39 is 0 Å². The SMILES string of the molecule is CCc1nsc(NCC2(C)CCCC2)n1. The summed E-state index contributed by atoms with van der Waals surface area (Å²) in [6.07, 6.45) is 6.39. The minimum absolute atomic E-state index is 0.484. The molecule has 15 heavy (non-hydrogen) atoms. The zero-order valence-electron chi connectivity index (χ0n) is 9.55. The molecule has 0 saturated heterocycles. The third-order valence-corrected chi connectivity index (χ3v) is 3.97. The summed E-state index contributed by atoms with van der Waals surface area (Å²) < 4.78 is 4.27. The van der Waals surface area contributed by atoms with Crippen LogP contribution in [0.25, 0.3) is 0 Å². The average molecular weight is 225 g/mol. The predicted octanol–water partition coefficient (Wildman–Crippen LogP) is 3.09. The largest absolute Gasteiger partial charge is 0.360 e. The second-order valence-electron chi connectivity index (χ2n) is 4.74. The lowest BCUT2D eigenvalue weighted by Gasteiger charge is -2.23. The van der Waals surface area contributed by atoms with Crippen LogP contribution in [-0.2, 0) is 6.42 Å². The summed E-state index contributed by atoms with van der Waals surface area (Å²) in [4.78, 5) is 4.42. The topological polar surface area (TPSA) is 37.8 Å². The predicted molar refractivity (Wildman–Crippen MR) is 64.4 cm³/mol. The fourth-order valence-electron chi connectivity index (χ4n) is 2.16. The fraction of sp³-hybridized carbons (Fsp3) is 0.818. The van der Waals surface area contributed by atoms with Gasteiger partial charge in [-0.25, -0.2) is 4.98 Å². The van der Waals surface area contributed by atoms with Crippen LogP contribution in [0.4, 0.5) is 5.13 Å². The number of hydrogen-bond donors (Lipinski definition) is 1. The Morgan fingerprint density at radius 3 is 2.73 bits per heavy atom. The van der Waals surface area contributed by atoms with E-state index in [1.54, 1.807) is 0 Å². The standard InChI is InChI=1S/C11H19N3S/c1-3-9-13-10(15-14-9)12-8-11(2)6-4-5-7-11/h3-8H2,1-2H3,(H,12,13,14). The molecule has 0 aliphatic heterocycles. The molecule has 2 rings (SSSR count). The highest BCUT2D eigenvalue weighted by molar-refractivity contribution is 7.09. The van der Waals surface area contributed by atoms with Crippen molar-refractivity contribution in [2.24, 2.45) is 5.41 Å². The number of anilines is 1. The molecule has 4 heteroatoms. The molecule has 1 fully saturated rings. The molecule has 0 unspecified atom stereocenters. The Morgan fingerprint density at radius 1 is 1.40 bits per heavy atom. The first-order valence-corrected chi connectivity index (χ1v) is 6.56. The Kier molecular flexibility index (Phi) is 3.24. The number of nitrogens with one attached hydrogen (secondary N) is 1. The van der Waals surface area contributed by atoms with E-state index >= 15 is 0 Å². The molecular formula is C11H19N3S. The van der Waals surface area contributed by atoms with Gasteiger partial charge >= 0.3 is 0 Å². The molecule has 0 amide bonds. The number of rotatable bonds is 4. The molecule has 1 N–H and O–H groups in total. The zero-order chi connectivity index (χ0) is 10.7. The first-order chi connectivity index (χ1) is 7.22. The Hall–Kier alpha value is -0.640. The van der Waals surface area contributed by atoms with Crippen molar-refractivity contribution >= 4 is 16.7 Å². The summed E-state index contributed by atoms with van der Waals surface area (Å²) >= 11 is 1.48. The lowest BCUT2D eigenvalue weighted by atomic mass is 9.89. The molecule has 1 heterocycles. The van der Waals surface area contributed by atoms with Crippen molar-refractivity contribution in [2.45, 2.75) is 46.0 Å². The Labute approximate surface area is 95.5 Å². The maximum Gasteiger partial charge on any atom is 0.202 e. The van der Waals surface area contributed by atoms with Crippen LogP contribution in [0.3, 0.4) is 0 Å². The molecular weight excluding hydrogens is 206 g/mol. The zero-order valence-corrected chi connectivity index (χ0v) is 10.4. The van der Waals surface area contributed by atoms with Crippen LogP contribution in [0.1, 0.15) is 45.4 Å². The molecule has 0 radical (unpaired) electrons. The normalized spacial score (nSPS) is 19.3. The minimum Gasteiger partial charge on any atom is -0.360 e. The van der Waals surface area contributed by atoms with E-state index in [0.717, 1.165) is 23.9 Å². The lowest BCUT2D eigenvalue weighted by molar-refractivity contribution is 0.362. The highest BCUT2D eigenvalue weighted by Gasteiger charge is 2.28. The monoisotopic (exact) mass is 225 g/mol. The van der Waals surface area contributed by atoms with Crippen molar-refractivity contribution in [3.63, 3.8) is 0 Å². The van der Waals surface area contributed by atoms with Gasteiger partial charge in [0.25, 0.3) is 0 Å². The molecule has 1 aliphatic rings. The first-order valence-electron chi connectivity index (χ1n) is 5.78. The highest BCUT2D eigenvalue weighted by Crippen LogP contribution is 2.37. The van der Waals surface area contributed by atoms with Crippen molar-refractivity contribution in [1.82, 2.24) is 9.36 Å². The van der Waals surface area contributed by atoms with Crippen molar-refractivity contribution in [3.05, 3.63) is 5.82 Å². The molecule has 1 saturated carbocycles. The summed E-state index contributed by atoms with van der Waals surface area (Å²) in [5.41, 5.74) is 0.484. The third-order valence-electron chi connectivity index (χ3n) is 3.26. The van der Waals surface area contributed by atoms with Gasteiger partial charge in [0.1, 0.15) is 5.82 Å². The van der Waals surface area contributed by atoms with Crippen molar-refractivity contribution in [1.29, 1.82) is 0 Å². The smallest absolute Gasteiger partial charge is 0.202 e. The molecule has 1 aliphatic carbocycles. The number of aryl methyl sites for hydroxylation is 1. The number of nitrogens with zero attached hydrogens (tertiary/aromatic N) is 2. The third kappa shape index (κ3) is 2.68. The van der Waals surface area contributed by atoms with E-state index in [-0.39, 0.29) is 0 Å². The van der Waals surface area contributed by atoms with Gasteiger partial charge in [0.15, 0.2) is 0 Å². The molecule has 0 spiro atoms. The Bertz CT molecular complexity index is 315. The van der Waals surface area contributed by atoms with Gasteiger partial charge in [0.05, 0.1) is 0 Å². The molecule has 0 atom stereocenters. The van der Waals surface area contributed by atoms with Gasteiger partial charge in [-0.1, -0.05) is 26.7 Å².